The van der Waals surface area contributed by atoms with E-state index in [0.29, 0.717) is 6.61 Å². The summed E-state index contributed by atoms with van der Waals surface area (Å²) in [7, 11) is 0. The number of ether oxygens (including phenoxy) is 1. The number of carbonyl (C=O) groups excluding carboxylic acids is 1. The summed E-state index contributed by atoms with van der Waals surface area (Å²) < 4.78 is 5.15. The standard InChI is InChI=1S/C15H31NO3S/c1-6-16-15(5,14(18)19-7-2)10-8-9-11-20-13(4)12(3)17/h12-13,16-17H,6-11H2,1-5H3. The van der Waals surface area contributed by atoms with Crippen molar-refractivity contribution in [3.8, 4) is 0 Å². The number of carbonyl (C=O) groups is 1. The van der Waals surface area contributed by atoms with E-state index in [-0.39, 0.29) is 17.3 Å². The molecule has 0 heterocycles. The Balaban J connectivity index is 4.06. The van der Waals surface area contributed by atoms with Crippen LogP contribution in [-0.4, -0.2) is 46.9 Å². The number of hydrogen-bond acceptors (Lipinski definition) is 5. The van der Waals surface area contributed by atoms with Gasteiger partial charge in [-0.15, -0.1) is 0 Å². The van der Waals surface area contributed by atoms with Gasteiger partial charge >= 0.3 is 5.97 Å². The number of likely N-dealkylation sites (N-methyl/N-ethyl adjacent to an activating group) is 1. The molecule has 2 N–H and O–H groups in total. The second-order valence-corrected chi connectivity index (χ2v) is 6.84. The van der Waals surface area contributed by atoms with Crippen LogP contribution >= 0.6 is 11.8 Å². The maximum absolute atomic E-state index is 12.0. The summed E-state index contributed by atoms with van der Waals surface area (Å²) in [4.78, 5) is 12.0. The number of aliphatic hydroxyl groups is 1. The van der Waals surface area contributed by atoms with Crippen LogP contribution in [0, 0.1) is 0 Å². The Hall–Kier alpha value is -0.260. The van der Waals surface area contributed by atoms with Gasteiger partial charge < -0.3 is 15.2 Å². The van der Waals surface area contributed by atoms with Crippen LogP contribution in [0.5, 0.6) is 0 Å². The van der Waals surface area contributed by atoms with Crippen LogP contribution in [-0.2, 0) is 9.53 Å². The summed E-state index contributed by atoms with van der Waals surface area (Å²) >= 11 is 1.78. The third kappa shape index (κ3) is 7.50. The Bertz CT molecular complexity index is 274. The van der Waals surface area contributed by atoms with Crippen molar-refractivity contribution in [1.82, 2.24) is 5.32 Å². The molecule has 0 aliphatic heterocycles. The highest BCUT2D eigenvalue weighted by Crippen LogP contribution is 2.20. The zero-order chi connectivity index (χ0) is 15.6. The number of aliphatic hydroxyl groups excluding tert-OH is 1. The van der Waals surface area contributed by atoms with Crippen molar-refractivity contribution in [3.05, 3.63) is 0 Å². The molecule has 4 nitrogen and oxygen atoms in total. The molecule has 0 saturated carbocycles. The largest absolute Gasteiger partial charge is 0.465 e. The average molecular weight is 305 g/mol. The van der Waals surface area contributed by atoms with Gasteiger partial charge in [0.15, 0.2) is 0 Å². The van der Waals surface area contributed by atoms with Gasteiger partial charge in [-0.2, -0.15) is 11.8 Å². The molecule has 5 heteroatoms. The molecule has 20 heavy (non-hydrogen) atoms. The van der Waals surface area contributed by atoms with E-state index >= 15 is 0 Å². The van der Waals surface area contributed by atoms with E-state index in [2.05, 4.69) is 5.32 Å². The van der Waals surface area contributed by atoms with Crippen LogP contribution < -0.4 is 5.32 Å². The maximum Gasteiger partial charge on any atom is 0.326 e. The maximum atomic E-state index is 12.0. The molecule has 3 unspecified atom stereocenters. The molecule has 0 amide bonds. The molecule has 0 saturated heterocycles. The minimum absolute atomic E-state index is 0.160. The summed E-state index contributed by atoms with van der Waals surface area (Å²) in [6.07, 6.45) is 2.53. The Morgan fingerprint density at radius 2 is 2.00 bits per heavy atom. The normalized spacial score (nSPS) is 17.3. The third-order valence-electron chi connectivity index (χ3n) is 3.42. The Labute approximate surface area is 128 Å². The first-order chi connectivity index (χ1) is 9.37. The van der Waals surface area contributed by atoms with Gasteiger partial charge in [-0.3, -0.25) is 4.79 Å². The predicted molar refractivity (Wildman–Crippen MR) is 86.2 cm³/mol. The van der Waals surface area contributed by atoms with Crippen LogP contribution in [0.1, 0.15) is 53.9 Å². The first kappa shape index (κ1) is 19.7. The highest BCUT2D eigenvalue weighted by atomic mass is 32.2. The van der Waals surface area contributed by atoms with Crippen molar-refractivity contribution in [2.45, 2.75) is 70.8 Å². The van der Waals surface area contributed by atoms with Crippen molar-refractivity contribution < 1.29 is 14.6 Å². The van der Waals surface area contributed by atoms with Crippen molar-refractivity contribution >= 4 is 17.7 Å². The molecule has 3 atom stereocenters. The summed E-state index contributed by atoms with van der Waals surface area (Å²) in [5.74, 6) is 0.851. The van der Waals surface area contributed by atoms with Gasteiger partial charge in [0.25, 0.3) is 0 Å². The molecule has 0 aliphatic carbocycles. The molecule has 0 aromatic rings. The Morgan fingerprint density at radius 1 is 1.35 bits per heavy atom. The lowest BCUT2D eigenvalue weighted by Gasteiger charge is -2.28. The van der Waals surface area contributed by atoms with Gasteiger partial charge in [0.1, 0.15) is 5.54 Å². The fraction of sp³-hybridized carbons (Fsp3) is 0.933. The first-order valence-electron chi connectivity index (χ1n) is 7.59. The lowest BCUT2D eigenvalue weighted by atomic mass is 9.95. The molecule has 120 valence electrons. The van der Waals surface area contributed by atoms with Gasteiger partial charge in [-0.25, -0.2) is 0 Å². The molecular formula is C15H31NO3S. The molecule has 0 radical (unpaired) electrons. The van der Waals surface area contributed by atoms with E-state index in [4.69, 9.17) is 4.74 Å². The summed E-state index contributed by atoms with van der Waals surface area (Å²) in [6, 6.07) is 0. The van der Waals surface area contributed by atoms with Crippen LogP contribution in [0.3, 0.4) is 0 Å². The van der Waals surface area contributed by atoms with Crippen LogP contribution in [0.2, 0.25) is 0 Å². The predicted octanol–water partition coefficient (Wildman–Crippen LogP) is 2.59. The second kappa shape index (κ2) is 10.5. The molecule has 0 bridgehead atoms. The second-order valence-electron chi connectivity index (χ2n) is 5.36. The van der Waals surface area contributed by atoms with Gasteiger partial charge in [-0.05, 0) is 45.9 Å². The molecule has 0 rings (SSSR count). The zero-order valence-electron chi connectivity index (χ0n) is 13.6. The number of hydrogen-bond donors (Lipinski definition) is 2. The quantitative estimate of drug-likeness (QED) is 0.454. The third-order valence-corrected chi connectivity index (χ3v) is 4.87. The summed E-state index contributed by atoms with van der Waals surface area (Å²) in [5, 5.41) is 12.9. The van der Waals surface area contributed by atoms with Gasteiger partial charge in [0.05, 0.1) is 12.7 Å². The Morgan fingerprint density at radius 3 is 2.50 bits per heavy atom. The van der Waals surface area contributed by atoms with E-state index in [1.807, 2.05) is 34.6 Å². The van der Waals surface area contributed by atoms with Crippen LogP contribution in [0.4, 0.5) is 0 Å². The lowest BCUT2D eigenvalue weighted by Crippen LogP contribution is -2.50. The number of nitrogens with one attached hydrogen (secondary N) is 1. The number of unbranched alkanes of at least 4 members (excludes halogenated alkanes) is 1. The fourth-order valence-electron chi connectivity index (χ4n) is 1.93. The highest BCUT2D eigenvalue weighted by Gasteiger charge is 2.32. The van der Waals surface area contributed by atoms with Crippen LogP contribution in [0.15, 0.2) is 0 Å². The lowest BCUT2D eigenvalue weighted by molar-refractivity contribution is -0.150. The number of rotatable bonds is 11. The highest BCUT2D eigenvalue weighted by molar-refractivity contribution is 7.99. The molecule has 0 aromatic heterocycles. The molecule has 0 aliphatic rings. The average Bonchev–Trinajstić information content (AvgIpc) is 2.38. The summed E-state index contributed by atoms with van der Waals surface area (Å²) in [6.45, 7) is 10.8. The number of esters is 1. The fourth-order valence-corrected chi connectivity index (χ4v) is 2.95. The van der Waals surface area contributed by atoms with Gasteiger partial charge in [-0.1, -0.05) is 20.3 Å². The first-order valence-corrected chi connectivity index (χ1v) is 8.64. The van der Waals surface area contributed by atoms with Crippen LogP contribution in [0.25, 0.3) is 0 Å². The Kier molecular flexibility index (Phi) is 10.3. The van der Waals surface area contributed by atoms with E-state index < -0.39 is 5.54 Å². The molecular weight excluding hydrogens is 274 g/mol. The molecule has 0 fully saturated rings. The van der Waals surface area contributed by atoms with Crippen molar-refractivity contribution in [2.75, 3.05) is 18.9 Å². The van der Waals surface area contributed by atoms with Crippen molar-refractivity contribution in [2.24, 2.45) is 0 Å². The van der Waals surface area contributed by atoms with E-state index in [1.165, 1.54) is 0 Å². The monoisotopic (exact) mass is 305 g/mol. The van der Waals surface area contributed by atoms with E-state index in [9.17, 15) is 9.90 Å². The van der Waals surface area contributed by atoms with Gasteiger partial charge in [0.2, 0.25) is 0 Å². The van der Waals surface area contributed by atoms with E-state index in [0.717, 1.165) is 31.6 Å². The summed E-state index contributed by atoms with van der Waals surface area (Å²) in [5.41, 5.74) is -0.578. The number of thioether (sulfide) groups is 1. The molecule has 0 spiro atoms. The SMILES string of the molecule is CCNC(C)(CCCCSC(C)C(C)O)C(=O)OCC. The zero-order valence-corrected chi connectivity index (χ0v) is 14.4. The molecule has 0 aromatic carbocycles. The minimum atomic E-state index is -0.578. The van der Waals surface area contributed by atoms with Crippen molar-refractivity contribution in [1.29, 1.82) is 0 Å². The van der Waals surface area contributed by atoms with Crippen molar-refractivity contribution in [3.63, 3.8) is 0 Å². The van der Waals surface area contributed by atoms with Gasteiger partial charge in [0, 0.05) is 5.25 Å². The smallest absolute Gasteiger partial charge is 0.326 e. The van der Waals surface area contributed by atoms with E-state index in [1.54, 1.807) is 11.8 Å². The topological polar surface area (TPSA) is 58.6 Å². The minimum Gasteiger partial charge on any atom is -0.465 e.